The third-order valence-corrected chi connectivity index (χ3v) is 2.77. The van der Waals surface area contributed by atoms with E-state index >= 15 is 0 Å². The molecule has 0 unspecified atom stereocenters. The predicted octanol–water partition coefficient (Wildman–Crippen LogP) is 0.494. The number of nitrogens with one attached hydrogen (secondary N) is 1. The smallest absolute Gasteiger partial charge is 0.408 e. The zero-order valence-corrected chi connectivity index (χ0v) is 10.2. The zero-order chi connectivity index (χ0) is 14.4. The van der Waals surface area contributed by atoms with Gasteiger partial charge >= 0.3 is 18.2 Å². The highest BCUT2D eigenvalue weighted by Gasteiger charge is 2.36. The number of hydrogen-bond acceptors (Lipinski definition) is 4. The van der Waals surface area contributed by atoms with Gasteiger partial charge in [-0.25, -0.2) is 14.4 Å². The molecular formula is C11H16N2O6. The minimum atomic E-state index is -1.32. The van der Waals surface area contributed by atoms with Crippen molar-refractivity contribution in [3.63, 3.8) is 0 Å². The van der Waals surface area contributed by atoms with Gasteiger partial charge in [-0.2, -0.15) is 0 Å². The van der Waals surface area contributed by atoms with Crippen LogP contribution in [0.3, 0.4) is 0 Å². The van der Waals surface area contributed by atoms with Gasteiger partial charge in [-0.05, 0) is 12.8 Å². The molecule has 0 aromatic rings. The molecule has 106 valence electrons. The molecule has 2 atom stereocenters. The number of carbonyl (C=O) groups is 3. The maximum Gasteiger partial charge on any atom is 0.408 e. The van der Waals surface area contributed by atoms with Crippen molar-refractivity contribution in [2.75, 3.05) is 13.2 Å². The number of likely N-dealkylation sites (tertiary alicyclic amines) is 1. The van der Waals surface area contributed by atoms with Crippen LogP contribution >= 0.6 is 0 Å². The molecular weight excluding hydrogens is 256 g/mol. The monoisotopic (exact) mass is 272 g/mol. The molecule has 0 radical (unpaired) electrons. The van der Waals surface area contributed by atoms with Crippen LogP contribution in [-0.2, 0) is 9.53 Å². The van der Waals surface area contributed by atoms with Crippen LogP contribution in [0.15, 0.2) is 12.7 Å². The summed E-state index contributed by atoms with van der Waals surface area (Å²) in [7, 11) is 0. The van der Waals surface area contributed by atoms with Crippen molar-refractivity contribution in [2.45, 2.75) is 24.9 Å². The lowest BCUT2D eigenvalue weighted by atomic mass is 9.99. The van der Waals surface area contributed by atoms with Crippen LogP contribution in [0, 0.1) is 0 Å². The summed E-state index contributed by atoms with van der Waals surface area (Å²) in [4.78, 5) is 34.0. The maximum absolute atomic E-state index is 11.3. The first-order chi connectivity index (χ1) is 8.95. The molecule has 0 spiro atoms. The van der Waals surface area contributed by atoms with Crippen molar-refractivity contribution >= 4 is 18.2 Å². The molecule has 19 heavy (non-hydrogen) atoms. The number of piperidine rings is 1. The van der Waals surface area contributed by atoms with Gasteiger partial charge in [0, 0.05) is 6.54 Å². The number of aliphatic carboxylic acids is 1. The Hall–Kier alpha value is -2.25. The zero-order valence-electron chi connectivity index (χ0n) is 10.2. The van der Waals surface area contributed by atoms with E-state index in [4.69, 9.17) is 14.9 Å². The van der Waals surface area contributed by atoms with E-state index in [9.17, 15) is 14.4 Å². The van der Waals surface area contributed by atoms with Gasteiger partial charge in [0.1, 0.15) is 12.6 Å². The first kappa shape index (κ1) is 14.8. The summed E-state index contributed by atoms with van der Waals surface area (Å²) in [6, 6.07) is -1.52. The summed E-state index contributed by atoms with van der Waals surface area (Å²) in [6.45, 7) is 3.37. The molecule has 2 amide bonds. The van der Waals surface area contributed by atoms with E-state index < -0.39 is 30.2 Å². The van der Waals surface area contributed by atoms with Crippen LogP contribution < -0.4 is 5.32 Å². The van der Waals surface area contributed by atoms with Gasteiger partial charge in [0.15, 0.2) is 0 Å². The van der Waals surface area contributed by atoms with E-state index in [1.807, 2.05) is 0 Å². The third-order valence-electron chi connectivity index (χ3n) is 2.77. The van der Waals surface area contributed by atoms with E-state index in [0.29, 0.717) is 6.42 Å². The number of nitrogens with zero attached hydrogens (tertiary/aromatic N) is 1. The molecule has 0 bridgehead atoms. The summed E-state index contributed by atoms with van der Waals surface area (Å²) >= 11 is 0. The molecule has 1 rings (SSSR count). The third kappa shape index (κ3) is 4.16. The number of carboxylic acids is 1. The average Bonchev–Trinajstić information content (AvgIpc) is 2.35. The molecule has 1 aliphatic heterocycles. The van der Waals surface area contributed by atoms with Crippen LogP contribution in [0.1, 0.15) is 12.8 Å². The topological polar surface area (TPSA) is 116 Å². The maximum atomic E-state index is 11.3. The lowest BCUT2D eigenvalue weighted by Crippen LogP contribution is -2.56. The quantitative estimate of drug-likeness (QED) is 0.641. The van der Waals surface area contributed by atoms with E-state index in [2.05, 4.69) is 11.9 Å². The van der Waals surface area contributed by atoms with Gasteiger partial charge in [-0.3, -0.25) is 4.90 Å². The average molecular weight is 272 g/mol. The highest BCUT2D eigenvalue weighted by molar-refractivity contribution is 5.79. The number of rotatable bonds is 4. The molecule has 1 heterocycles. The molecule has 0 saturated carbocycles. The molecule has 0 aromatic carbocycles. The predicted molar refractivity (Wildman–Crippen MR) is 63.9 cm³/mol. The molecule has 8 nitrogen and oxygen atoms in total. The lowest BCUT2D eigenvalue weighted by Gasteiger charge is -2.35. The Bertz CT molecular complexity index is 383. The van der Waals surface area contributed by atoms with Gasteiger partial charge < -0.3 is 20.3 Å². The van der Waals surface area contributed by atoms with Crippen molar-refractivity contribution in [3.8, 4) is 0 Å². The highest BCUT2D eigenvalue weighted by Crippen LogP contribution is 2.18. The second-order valence-electron chi connectivity index (χ2n) is 4.09. The molecule has 0 aliphatic carbocycles. The molecule has 1 fully saturated rings. The molecule has 1 aliphatic rings. The van der Waals surface area contributed by atoms with E-state index in [1.165, 1.54) is 6.08 Å². The summed E-state index contributed by atoms with van der Waals surface area (Å²) in [5, 5.41) is 20.4. The summed E-state index contributed by atoms with van der Waals surface area (Å²) in [5.41, 5.74) is 0. The van der Waals surface area contributed by atoms with Crippen LogP contribution in [0.2, 0.25) is 0 Å². The highest BCUT2D eigenvalue weighted by atomic mass is 16.5. The van der Waals surface area contributed by atoms with Crippen molar-refractivity contribution in [1.29, 1.82) is 0 Å². The largest absolute Gasteiger partial charge is 0.480 e. The van der Waals surface area contributed by atoms with Crippen molar-refractivity contribution in [1.82, 2.24) is 10.2 Å². The molecule has 1 saturated heterocycles. The Morgan fingerprint density at radius 3 is 2.58 bits per heavy atom. The number of hydrogen-bond donors (Lipinski definition) is 3. The summed E-state index contributed by atoms with van der Waals surface area (Å²) in [6.07, 6.45) is -0.0648. The number of ether oxygens (including phenoxy) is 1. The fourth-order valence-corrected chi connectivity index (χ4v) is 1.90. The lowest BCUT2D eigenvalue weighted by molar-refractivity contribution is -0.143. The number of alkyl carbamates (subject to hydrolysis) is 1. The Morgan fingerprint density at radius 2 is 2.05 bits per heavy atom. The Balaban J connectivity index is 2.56. The van der Waals surface area contributed by atoms with Crippen molar-refractivity contribution in [3.05, 3.63) is 12.7 Å². The van der Waals surface area contributed by atoms with Crippen LogP contribution in [0.25, 0.3) is 0 Å². The van der Waals surface area contributed by atoms with Crippen LogP contribution in [0.4, 0.5) is 9.59 Å². The number of carboxylic acid groups (broad SMARTS) is 2. The van der Waals surface area contributed by atoms with Gasteiger partial charge in [0.25, 0.3) is 0 Å². The molecule has 0 aromatic heterocycles. The SMILES string of the molecule is C=CCOC(=O)N[C@H]1CC[C@H](C(=O)O)N(C(=O)O)C1. The molecule has 8 heteroatoms. The van der Waals surface area contributed by atoms with Gasteiger partial charge in [-0.1, -0.05) is 12.7 Å². The van der Waals surface area contributed by atoms with Crippen LogP contribution in [-0.4, -0.2) is 58.5 Å². The first-order valence-corrected chi connectivity index (χ1v) is 5.72. The Labute approximate surface area is 109 Å². The van der Waals surface area contributed by atoms with Crippen molar-refractivity contribution < 1.29 is 29.3 Å². The van der Waals surface area contributed by atoms with E-state index in [-0.39, 0.29) is 19.6 Å². The second kappa shape index (κ2) is 6.62. The Morgan fingerprint density at radius 1 is 1.37 bits per heavy atom. The standard InChI is InChI=1S/C11H16N2O6/c1-2-5-19-10(16)12-7-3-4-8(9(14)15)13(6-7)11(17)18/h2,7-8H,1,3-6H2,(H,12,16)(H,14,15)(H,17,18)/t7-,8+/m0/s1. The summed E-state index contributed by atoms with van der Waals surface area (Å²) in [5.74, 6) is -1.19. The molecule has 3 N–H and O–H groups in total. The first-order valence-electron chi connectivity index (χ1n) is 5.72. The summed E-state index contributed by atoms with van der Waals surface area (Å²) < 4.78 is 4.71. The minimum absolute atomic E-state index is 0.0545. The Kier molecular flexibility index (Phi) is 5.16. The van der Waals surface area contributed by atoms with Crippen LogP contribution in [0.5, 0.6) is 0 Å². The van der Waals surface area contributed by atoms with E-state index in [0.717, 1.165) is 4.90 Å². The van der Waals surface area contributed by atoms with Crippen molar-refractivity contribution in [2.24, 2.45) is 0 Å². The van der Waals surface area contributed by atoms with Gasteiger partial charge in [-0.15, -0.1) is 0 Å². The number of carbonyl (C=O) groups excluding carboxylic acids is 1. The minimum Gasteiger partial charge on any atom is -0.480 e. The fraction of sp³-hybridized carbons (Fsp3) is 0.545. The number of amides is 2. The van der Waals surface area contributed by atoms with E-state index in [1.54, 1.807) is 0 Å². The second-order valence-corrected chi connectivity index (χ2v) is 4.09. The van der Waals surface area contributed by atoms with Gasteiger partial charge in [0.2, 0.25) is 0 Å². The fourth-order valence-electron chi connectivity index (χ4n) is 1.90. The van der Waals surface area contributed by atoms with Gasteiger partial charge in [0.05, 0.1) is 6.04 Å². The normalized spacial score (nSPS) is 22.4.